The second kappa shape index (κ2) is 9.91. The summed E-state index contributed by atoms with van der Waals surface area (Å²) in [6.45, 7) is 8.24. The van der Waals surface area contributed by atoms with Crippen LogP contribution in [0.4, 0.5) is 4.39 Å². The molecule has 182 valence electrons. The average Bonchev–Trinajstić information content (AvgIpc) is 3.14. The molecule has 2 aromatic rings. The highest BCUT2D eigenvalue weighted by atomic mass is 19.1. The third kappa shape index (κ3) is 4.72. The lowest BCUT2D eigenvalue weighted by molar-refractivity contribution is -0.119. The monoisotopic (exact) mass is 462 g/mol. The van der Waals surface area contributed by atoms with E-state index in [9.17, 15) is 9.18 Å². The van der Waals surface area contributed by atoms with Gasteiger partial charge in [0.15, 0.2) is 0 Å². The van der Waals surface area contributed by atoms with Crippen LogP contribution >= 0.6 is 0 Å². The van der Waals surface area contributed by atoms with Gasteiger partial charge in [-0.25, -0.2) is 4.39 Å². The van der Waals surface area contributed by atoms with E-state index in [0.717, 1.165) is 38.2 Å². The topological polar surface area (TPSA) is 23.6 Å². The Labute approximate surface area is 204 Å². The molecule has 3 aliphatic rings. The molecule has 2 fully saturated rings. The molecule has 0 bridgehead atoms. The predicted molar refractivity (Wildman–Crippen MR) is 135 cm³/mol. The maximum atomic E-state index is 13.5. The zero-order valence-electron chi connectivity index (χ0n) is 20.9. The molecule has 1 saturated heterocycles. The Morgan fingerprint density at radius 3 is 2.50 bits per heavy atom. The summed E-state index contributed by atoms with van der Waals surface area (Å²) in [5, 5.41) is 0. The van der Waals surface area contributed by atoms with Gasteiger partial charge in [-0.2, -0.15) is 0 Å². The smallest absolute Gasteiger partial charge is 0.144 e. The van der Waals surface area contributed by atoms with Gasteiger partial charge in [-0.3, -0.25) is 9.80 Å². The van der Waals surface area contributed by atoms with Gasteiger partial charge >= 0.3 is 0 Å². The molecule has 2 aliphatic heterocycles. The molecule has 0 radical (unpaired) electrons. The number of fused-ring (bicyclic) bond motifs is 1. The molecule has 2 heterocycles. The van der Waals surface area contributed by atoms with Gasteiger partial charge in [-0.05, 0) is 105 Å². The second-order valence-electron chi connectivity index (χ2n) is 11.2. The Balaban J connectivity index is 1.24. The van der Waals surface area contributed by atoms with E-state index >= 15 is 0 Å². The van der Waals surface area contributed by atoms with Crippen molar-refractivity contribution in [2.24, 2.45) is 5.92 Å². The number of aryl methyl sites for hydroxylation is 1. The molecule has 4 heteroatoms. The molecular formula is C30H39FN2O. The van der Waals surface area contributed by atoms with Gasteiger partial charge in [0.1, 0.15) is 17.6 Å². The molecule has 2 aromatic carbocycles. The molecular weight excluding hydrogens is 423 g/mol. The Hall–Kier alpha value is -2.04. The van der Waals surface area contributed by atoms with Crippen molar-refractivity contribution in [1.29, 1.82) is 0 Å². The summed E-state index contributed by atoms with van der Waals surface area (Å²) < 4.78 is 13.5. The van der Waals surface area contributed by atoms with E-state index in [-0.39, 0.29) is 5.82 Å². The Bertz CT molecular complexity index is 1020. The van der Waals surface area contributed by atoms with Crippen LogP contribution in [0, 0.1) is 18.7 Å². The van der Waals surface area contributed by atoms with Crippen LogP contribution in [0.3, 0.4) is 0 Å². The summed E-state index contributed by atoms with van der Waals surface area (Å²) in [6, 6.07) is 12.3. The van der Waals surface area contributed by atoms with Gasteiger partial charge in [0.2, 0.25) is 0 Å². The fraction of sp³-hybridized carbons (Fsp3) is 0.567. The average molecular weight is 463 g/mol. The minimum Gasteiger partial charge on any atom is -0.301 e. The molecule has 0 amide bonds. The van der Waals surface area contributed by atoms with Gasteiger partial charge < -0.3 is 4.79 Å². The number of benzene rings is 2. The summed E-state index contributed by atoms with van der Waals surface area (Å²) in [7, 11) is 0. The lowest BCUT2D eigenvalue weighted by Crippen LogP contribution is -2.47. The molecule has 3 nitrogen and oxygen atoms in total. The molecule has 1 aliphatic carbocycles. The van der Waals surface area contributed by atoms with Crippen LogP contribution in [0.5, 0.6) is 0 Å². The summed E-state index contributed by atoms with van der Waals surface area (Å²) in [6.07, 6.45) is 11.0. The van der Waals surface area contributed by atoms with E-state index in [0.29, 0.717) is 12.0 Å². The van der Waals surface area contributed by atoms with Gasteiger partial charge in [-0.1, -0.05) is 43.5 Å². The third-order valence-corrected chi connectivity index (χ3v) is 8.69. The van der Waals surface area contributed by atoms with Gasteiger partial charge in [0.05, 0.1) is 0 Å². The molecule has 1 unspecified atom stereocenters. The van der Waals surface area contributed by atoms with Crippen LogP contribution < -0.4 is 0 Å². The van der Waals surface area contributed by atoms with E-state index < -0.39 is 5.54 Å². The first-order valence-electron chi connectivity index (χ1n) is 13.3. The largest absolute Gasteiger partial charge is 0.301 e. The van der Waals surface area contributed by atoms with Crippen LogP contribution in [0.1, 0.15) is 79.7 Å². The fourth-order valence-corrected chi connectivity index (χ4v) is 7.00. The van der Waals surface area contributed by atoms with E-state index in [1.54, 1.807) is 12.1 Å². The lowest BCUT2D eigenvalue weighted by atomic mass is 9.84. The Kier molecular flexibility index (Phi) is 6.90. The number of nitrogens with zero attached hydrogens (tertiary/aromatic N) is 2. The van der Waals surface area contributed by atoms with Crippen molar-refractivity contribution in [2.75, 3.05) is 13.1 Å². The highest BCUT2D eigenvalue weighted by Crippen LogP contribution is 2.44. The van der Waals surface area contributed by atoms with E-state index in [2.05, 4.69) is 35.8 Å². The normalized spacial score (nSPS) is 24.9. The van der Waals surface area contributed by atoms with Gasteiger partial charge in [0.25, 0.3) is 0 Å². The maximum Gasteiger partial charge on any atom is 0.144 e. The van der Waals surface area contributed by atoms with Crippen molar-refractivity contribution in [3.63, 3.8) is 0 Å². The van der Waals surface area contributed by atoms with Crippen LogP contribution in [0.25, 0.3) is 0 Å². The number of halogens is 1. The minimum absolute atomic E-state index is 0.146. The third-order valence-electron chi connectivity index (χ3n) is 8.69. The van der Waals surface area contributed by atoms with Crippen molar-refractivity contribution >= 4 is 6.29 Å². The standard InChI is InChI=1S/C30H39FN2O/c1-22-15-25(16-23-11-13-32(14-12-23)19-24-7-6-8-27(31)18-24)17-26-20-33(28-9-4-3-5-10-28)30(2,21-34)29(22)26/h6-8,15,17-18,21,23,28H,3-5,9-14,16,19-20H2,1-2H3. The number of aldehydes is 1. The molecule has 0 N–H and O–H groups in total. The first-order valence-corrected chi connectivity index (χ1v) is 13.3. The number of piperidine rings is 1. The SMILES string of the molecule is Cc1cc(CC2CCN(Cc3cccc(F)c3)CC2)cc2c1C(C)(C=O)N(C1CCCCC1)C2. The second-order valence-corrected chi connectivity index (χ2v) is 11.2. The van der Waals surface area contributed by atoms with Crippen LogP contribution in [-0.2, 0) is 29.8 Å². The highest BCUT2D eigenvalue weighted by molar-refractivity contribution is 5.71. The first kappa shape index (κ1) is 23.7. The maximum absolute atomic E-state index is 13.5. The van der Waals surface area contributed by atoms with Crippen LogP contribution in [-0.4, -0.2) is 35.2 Å². The van der Waals surface area contributed by atoms with Gasteiger partial charge in [0, 0.05) is 19.1 Å². The summed E-state index contributed by atoms with van der Waals surface area (Å²) in [4.78, 5) is 17.4. The Morgan fingerprint density at radius 2 is 1.79 bits per heavy atom. The number of hydrogen-bond donors (Lipinski definition) is 0. The Morgan fingerprint density at radius 1 is 1.03 bits per heavy atom. The lowest BCUT2D eigenvalue weighted by Gasteiger charge is -2.40. The predicted octanol–water partition coefficient (Wildman–Crippen LogP) is 6.15. The number of likely N-dealkylation sites (tertiary alicyclic amines) is 1. The van der Waals surface area contributed by atoms with Crippen molar-refractivity contribution in [1.82, 2.24) is 9.80 Å². The number of rotatable bonds is 6. The summed E-state index contributed by atoms with van der Waals surface area (Å²) >= 11 is 0. The zero-order valence-corrected chi connectivity index (χ0v) is 20.9. The number of carbonyl (C=O) groups is 1. The molecule has 1 saturated carbocycles. The van der Waals surface area contributed by atoms with E-state index in [1.807, 2.05) is 6.07 Å². The van der Waals surface area contributed by atoms with Crippen LogP contribution in [0.2, 0.25) is 0 Å². The quantitative estimate of drug-likeness (QED) is 0.481. The number of carbonyl (C=O) groups excluding carboxylic acids is 1. The minimum atomic E-state index is -0.484. The number of hydrogen-bond acceptors (Lipinski definition) is 3. The van der Waals surface area contributed by atoms with Crippen molar-refractivity contribution in [2.45, 2.75) is 89.9 Å². The molecule has 5 rings (SSSR count). The summed E-state index contributed by atoms with van der Waals surface area (Å²) in [5.41, 5.74) is 5.93. The molecule has 0 spiro atoms. The fourth-order valence-electron chi connectivity index (χ4n) is 7.00. The van der Waals surface area contributed by atoms with Crippen molar-refractivity contribution in [3.8, 4) is 0 Å². The highest BCUT2D eigenvalue weighted by Gasteiger charge is 2.45. The molecule has 34 heavy (non-hydrogen) atoms. The zero-order chi connectivity index (χ0) is 23.7. The van der Waals surface area contributed by atoms with Crippen molar-refractivity contribution < 1.29 is 9.18 Å². The van der Waals surface area contributed by atoms with Crippen molar-refractivity contribution in [3.05, 3.63) is 70.0 Å². The first-order chi connectivity index (χ1) is 16.5. The van der Waals surface area contributed by atoms with E-state index in [4.69, 9.17) is 0 Å². The van der Waals surface area contributed by atoms with Crippen LogP contribution in [0.15, 0.2) is 36.4 Å². The summed E-state index contributed by atoms with van der Waals surface area (Å²) in [5.74, 6) is 0.543. The van der Waals surface area contributed by atoms with E-state index in [1.165, 1.54) is 79.6 Å². The molecule has 0 aromatic heterocycles. The van der Waals surface area contributed by atoms with Gasteiger partial charge in [-0.15, -0.1) is 0 Å². The molecule has 1 atom stereocenters.